The van der Waals surface area contributed by atoms with Gasteiger partial charge in [0.2, 0.25) is 5.91 Å². The standard InChI is InChI=1S/C26H47N5O7/c1-26(2,3)9-4-5-10-27-23(32)8-12-35-14-16-37-18-19-38-17-15-36-13-11-30-20-22(28-29-30)21-31-24(33)6-7-25(31)34/h6-7,20,23-24,27,32-33H,4-5,8-19,21H2,1-3H3. The molecule has 0 fully saturated rings. The van der Waals surface area contributed by atoms with Crippen molar-refractivity contribution in [2.75, 3.05) is 59.4 Å². The fraction of sp³-hybridized carbons (Fsp3) is 0.808. The van der Waals surface area contributed by atoms with Gasteiger partial charge >= 0.3 is 0 Å². The number of aliphatic hydroxyl groups excluding tert-OH is 2. The number of carbonyl (C=O) groups is 1. The molecule has 1 amide bonds. The second kappa shape index (κ2) is 18.4. The van der Waals surface area contributed by atoms with E-state index in [-0.39, 0.29) is 12.5 Å². The van der Waals surface area contributed by atoms with E-state index in [4.69, 9.17) is 18.9 Å². The summed E-state index contributed by atoms with van der Waals surface area (Å²) in [6.07, 6.45) is 7.04. The van der Waals surface area contributed by atoms with Gasteiger partial charge in [-0.2, -0.15) is 0 Å². The van der Waals surface area contributed by atoms with E-state index in [0.29, 0.717) is 76.9 Å². The predicted molar refractivity (Wildman–Crippen MR) is 141 cm³/mol. The van der Waals surface area contributed by atoms with Crippen LogP contribution in [0.5, 0.6) is 0 Å². The number of amides is 1. The molecule has 12 heteroatoms. The van der Waals surface area contributed by atoms with Crippen molar-refractivity contribution in [2.45, 2.75) is 72.0 Å². The van der Waals surface area contributed by atoms with Gasteiger partial charge in [0.25, 0.3) is 0 Å². The molecule has 2 unspecified atom stereocenters. The number of hydrogen-bond acceptors (Lipinski definition) is 10. The third-order valence-corrected chi connectivity index (χ3v) is 5.78. The number of aliphatic hydroxyl groups is 2. The number of nitrogens with one attached hydrogen (secondary N) is 1. The average molecular weight is 542 g/mol. The number of nitrogens with zero attached hydrogens (tertiary/aromatic N) is 4. The summed E-state index contributed by atoms with van der Waals surface area (Å²) in [5.74, 6) is -0.244. The number of carbonyl (C=O) groups excluding carboxylic acids is 1. The van der Waals surface area contributed by atoms with Crippen LogP contribution in [0.15, 0.2) is 18.3 Å². The van der Waals surface area contributed by atoms with Gasteiger partial charge in [0.15, 0.2) is 0 Å². The molecule has 2 atom stereocenters. The third kappa shape index (κ3) is 14.9. The first-order chi connectivity index (χ1) is 18.2. The topological polar surface area (TPSA) is 140 Å². The van der Waals surface area contributed by atoms with Crippen molar-refractivity contribution >= 4 is 5.91 Å². The Labute approximate surface area is 226 Å². The normalized spacial score (nSPS) is 16.6. The van der Waals surface area contributed by atoms with Gasteiger partial charge in [0, 0.05) is 12.5 Å². The largest absolute Gasteiger partial charge is 0.379 e. The Bertz CT molecular complexity index is 799. The van der Waals surface area contributed by atoms with Crippen LogP contribution >= 0.6 is 0 Å². The molecule has 1 aliphatic heterocycles. The Morgan fingerprint density at radius 2 is 1.63 bits per heavy atom. The van der Waals surface area contributed by atoms with Crippen LogP contribution < -0.4 is 5.32 Å². The molecule has 0 aliphatic carbocycles. The SMILES string of the molecule is CC(C)(C)CCCCNC(O)CCOCCOCCOCCOCCn1cc(CN2C(=O)C=CC2O)nn1. The molecule has 0 radical (unpaired) electrons. The number of aromatic nitrogens is 3. The zero-order chi connectivity index (χ0) is 27.6. The van der Waals surface area contributed by atoms with Crippen molar-refractivity contribution in [1.82, 2.24) is 25.2 Å². The Hall–Kier alpha value is -1.93. The lowest BCUT2D eigenvalue weighted by Gasteiger charge is -2.18. The summed E-state index contributed by atoms with van der Waals surface area (Å²) in [7, 11) is 0. The van der Waals surface area contributed by atoms with Crippen LogP contribution in [-0.4, -0.2) is 108 Å². The summed E-state index contributed by atoms with van der Waals surface area (Å²) in [6.45, 7) is 12.1. The van der Waals surface area contributed by atoms with E-state index < -0.39 is 12.5 Å². The molecule has 0 saturated heterocycles. The quantitative estimate of drug-likeness (QED) is 0.144. The highest BCUT2D eigenvalue weighted by atomic mass is 16.6. The zero-order valence-corrected chi connectivity index (χ0v) is 23.2. The van der Waals surface area contributed by atoms with Gasteiger partial charge in [-0.3, -0.25) is 10.1 Å². The second-order valence-corrected chi connectivity index (χ2v) is 10.4. The molecule has 38 heavy (non-hydrogen) atoms. The molecule has 2 rings (SSSR count). The fourth-order valence-electron chi connectivity index (χ4n) is 3.63. The smallest absolute Gasteiger partial charge is 0.249 e. The lowest BCUT2D eigenvalue weighted by Crippen LogP contribution is -2.33. The molecule has 12 nitrogen and oxygen atoms in total. The molecular weight excluding hydrogens is 494 g/mol. The van der Waals surface area contributed by atoms with Gasteiger partial charge in [-0.25, -0.2) is 4.68 Å². The minimum atomic E-state index is -0.916. The fourth-order valence-corrected chi connectivity index (χ4v) is 3.63. The number of hydrogen-bond donors (Lipinski definition) is 3. The van der Waals surface area contributed by atoms with Gasteiger partial charge < -0.3 is 34.1 Å². The summed E-state index contributed by atoms with van der Waals surface area (Å²) < 4.78 is 23.6. The number of unbranched alkanes of at least 4 members (excludes halogenated alkanes) is 1. The lowest BCUT2D eigenvalue weighted by atomic mass is 9.90. The predicted octanol–water partition coefficient (Wildman–Crippen LogP) is 1.08. The van der Waals surface area contributed by atoms with Crippen LogP contribution in [0.2, 0.25) is 0 Å². The van der Waals surface area contributed by atoms with Gasteiger partial charge in [-0.1, -0.05) is 32.4 Å². The molecule has 3 N–H and O–H groups in total. The van der Waals surface area contributed by atoms with Crippen LogP contribution in [0.1, 0.15) is 52.1 Å². The van der Waals surface area contributed by atoms with E-state index in [1.54, 1.807) is 10.9 Å². The third-order valence-electron chi connectivity index (χ3n) is 5.78. The highest BCUT2D eigenvalue weighted by molar-refractivity contribution is 5.90. The zero-order valence-electron chi connectivity index (χ0n) is 23.2. The van der Waals surface area contributed by atoms with E-state index in [2.05, 4.69) is 36.4 Å². The van der Waals surface area contributed by atoms with Gasteiger partial charge in [0.1, 0.15) is 18.1 Å². The number of rotatable bonds is 22. The van der Waals surface area contributed by atoms with Crippen LogP contribution in [0.3, 0.4) is 0 Å². The first-order valence-corrected chi connectivity index (χ1v) is 13.5. The first kappa shape index (κ1) is 32.3. The summed E-state index contributed by atoms with van der Waals surface area (Å²) >= 11 is 0. The Balaban J connectivity index is 1.31. The van der Waals surface area contributed by atoms with Crippen molar-refractivity contribution < 1.29 is 34.0 Å². The van der Waals surface area contributed by atoms with E-state index in [9.17, 15) is 15.0 Å². The highest BCUT2D eigenvalue weighted by Gasteiger charge is 2.24. The van der Waals surface area contributed by atoms with E-state index in [1.807, 2.05) is 0 Å². The summed E-state index contributed by atoms with van der Waals surface area (Å²) in [5, 5.41) is 30.8. The van der Waals surface area contributed by atoms with Crippen LogP contribution in [0.4, 0.5) is 0 Å². The van der Waals surface area contributed by atoms with Gasteiger partial charge in [-0.15, -0.1) is 5.10 Å². The number of ether oxygens (including phenoxy) is 4. The highest BCUT2D eigenvalue weighted by Crippen LogP contribution is 2.21. The molecule has 0 bridgehead atoms. The van der Waals surface area contributed by atoms with Gasteiger partial charge in [0.05, 0.1) is 72.1 Å². The van der Waals surface area contributed by atoms with Crippen LogP contribution in [0.25, 0.3) is 0 Å². The summed E-state index contributed by atoms with van der Waals surface area (Å²) in [5.41, 5.74) is 0.966. The summed E-state index contributed by atoms with van der Waals surface area (Å²) in [6, 6.07) is 0. The maximum atomic E-state index is 11.7. The Morgan fingerprint density at radius 1 is 1.00 bits per heavy atom. The van der Waals surface area contributed by atoms with Crippen molar-refractivity contribution in [1.29, 1.82) is 0 Å². The van der Waals surface area contributed by atoms with E-state index in [0.717, 1.165) is 19.4 Å². The molecule has 0 aromatic carbocycles. The second-order valence-electron chi connectivity index (χ2n) is 10.4. The van der Waals surface area contributed by atoms with E-state index in [1.165, 1.54) is 23.5 Å². The van der Waals surface area contributed by atoms with Crippen molar-refractivity contribution in [3.8, 4) is 0 Å². The molecule has 218 valence electrons. The Kier molecular flexibility index (Phi) is 15.6. The molecular formula is C26H47N5O7. The lowest BCUT2D eigenvalue weighted by molar-refractivity contribution is -0.131. The van der Waals surface area contributed by atoms with Crippen molar-refractivity contribution in [3.63, 3.8) is 0 Å². The maximum Gasteiger partial charge on any atom is 0.249 e. The monoisotopic (exact) mass is 541 g/mol. The van der Waals surface area contributed by atoms with Crippen molar-refractivity contribution in [3.05, 3.63) is 24.0 Å². The van der Waals surface area contributed by atoms with Crippen LogP contribution in [-0.2, 0) is 36.8 Å². The van der Waals surface area contributed by atoms with Gasteiger partial charge in [-0.05, 0) is 30.9 Å². The minimum Gasteiger partial charge on any atom is -0.379 e. The van der Waals surface area contributed by atoms with Crippen molar-refractivity contribution in [2.24, 2.45) is 5.41 Å². The molecule has 1 aromatic rings. The van der Waals surface area contributed by atoms with E-state index >= 15 is 0 Å². The Morgan fingerprint density at radius 3 is 2.24 bits per heavy atom. The molecule has 1 aromatic heterocycles. The molecule has 2 heterocycles. The molecule has 0 spiro atoms. The molecule has 0 saturated carbocycles. The maximum absolute atomic E-state index is 11.7. The average Bonchev–Trinajstić information content (AvgIpc) is 3.44. The first-order valence-electron chi connectivity index (χ1n) is 13.5. The minimum absolute atomic E-state index is 0.203. The summed E-state index contributed by atoms with van der Waals surface area (Å²) in [4.78, 5) is 13.0. The molecule has 1 aliphatic rings. The van der Waals surface area contributed by atoms with Crippen LogP contribution in [0, 0.1) is 5.41 Å².